The summed E-state index contributed by atoms with van der Waals surface area (Å²) in [5, 5.41) is 10.4. The number of thiophene rings is 1. The molecule has 1 aliphatic carbocycles. The Morgan fingerprint density at radius 3 is 3.05 bits per heavy atom. The molecule has 3 rings (SSSR count). The number of aromatic nitrogens is 1. The smallest absolute Gasteiger partial charge is 0.333 e. The highest BCUT2D eigenvalue weighted by Gasteiger charge is 2.21. The SMILES string of the molecule is COC(=O)C1=Cc2cc(C(O)c3cccnc3)sc2CC1. The lowest BCUT2D eigenvalue weighted by Crippen LogP contribution is -2.08. The van der Waals surface area contributed by atoms with Crippen molar-refractivity contribution in [3.8, 4) is 0 Å². The highest BCUT2D eigenvalue weighted by molar-refractivity contribution is 7.12. The number of rotatable bonds is 3. The van der Waals surface area contributed by atoms with Crippen molar-refractivity contribution < 1.29 is 14.6 Å². The average molecular weight is 301 g/mol. The summed E-state index contributed by atoms with van der Waals surface area (Å²) in [6.45, 7) is 0. The molecule has 0 radical (unpaired) electrons. The Kier molecular flexibility index (Phi) is 3.86. The number of nitrogens with zero attached hydrogens (tertiary/aromatic N) is 1. The van der Waals surface area contributed by atoms with Gasteiger partial charge in [-0.05, 0) is 36.6 Å². The predicted octanol–water partition coefficient (Wildman–Crippen LogP) is 2.73. The molecule has 5 heteroatoms. The molecule has 0 saturated carbocycles. The van der Waals surface area contributed by atoms with Crippen molar-refractivity contribution in [2.45, 2.75) is 18.9 Å². The molecule has 21 heavy (non-hydrogen) atoms. The molecule has 4 nitrogen and oxygen atoms in total. The van der Waals surface area contributed by atoms with E-state index in [1.165, 1.54) is 12.0 Å². The minimum absolute atomic E-state index is 0.277. The highest BCUT2D eigenvalue weighted by Crippen LogP contribution is 2.36. The lowest BCUT2D eigenvalue weighted by Gasteiger charge is -2.10. The number of aliphatic hydroxyl groups is 1. The summed E-state index contributed by atoms with van der Waals surface area (Å²) in [5.41, 5.74) is 2.46. The van der Waals surface area contributed by atoms with Crippen LogP contribution >= 0.6 is 11.3 Å². The fourth-order valence-corrected chi connectivity index (χ4v) is 3.58. The number of esters is 1. The predicted molar refractivity (Wildman–Crippen MR) is 80.9 cm³/mol. The number of methoxy groups -OCH3 is 1. The van der Waals surface area contributed by atoms with E-state index in [1.807, 2.05) is 18.2 Å². The summed E-state index contributed by atoms with van der Waals surface area (Å²) in [5.74, 6) is -0.277. The number of pyridine rings is 1. The second-order valence-electron chi connectivity index (χ2n) is 4.88. The van der Waals surface area contributed by atoms with Crippen LogP contribution in [0, 0.1) is 0 Å². The summed E-state index contributed by atoms with van der Waals surface area (Å²) >= 11 is 1.59. The normalized spacial score (nSPS) is 15.0. The monoisotopic (exact) mass is 301 g/mol. The molecule has 0 aliphatic heterocycles. The fraction of sp³-hybridized carbons (Fsp3) is 0.250. The van der Waals surface area contributed by atoms with E-state index in [0.717, 1.165) is 22.4 Å². The molecule has 2 heterocycles. The first-order valence-corrected chi connectivity index (χ1v) is 7.50. The second-order valence-corrected chi connectivity index (χ2v) is 6.05. The van der Waals surface area contributed by atoms with Crippen LogP contribution in [0.25, 0.3) is 6.08 Å². The molecule has 0 amide bonds. The van der Waals surface area contributed by atoms with Crippen LogP contribution in [0.1, 0.15) is 33.4 Å². The van der Waals surface area contributed by atoms with Gasteiger partial charge in [0.1, 0.15) is 6.10 Å². The van der Waals surface area contributed by atoms with E-state index >= 15 is 0 Å². The zero-order chi connectivity index (χ0) is 14.8. The number of hydrogen-bond acceptors (Lipinski definition) is 5. The Labute approximate surface area is 126 Å². The van der Waals surface area contributed by atoms with Gasteiger partial charge in [0, 0.05) is 33.3 Å². The Morgan fingerprint density at radius 1 is 1.48 bits per heavy atom. The van der Waals surface area contributed by atoms with Crippen molar-refractivity contribution in [1.29, 1.82) is 0 Å². The van der Waals surface area contributed by atoms with E-state index in [0.29, 0.717) is 12.0 Å². The van der Waals surface area contributed by atoms with E-state index in [2.05, 4.69) is 4.98 Å². The third-order valence-corrected chi connectivity index (χ3v) is 4.79. The summed E-state index contributed by atoms with van der Waals surface area (Å²) in [6, 6.07) is 5.60. The molecule has 2 aromatic rings. The van der Waals surface area contributed by atoms with Gasteiger partial charge in [0.2, 0.25) is 0 Å². The molecule has 1 atom stereocenters. The topological polar surface area (TPSA) is 59.4 Å². The highest BCUT2D eigenvalue weighted by atomic mass is 32.1. The largest absolute Gasteiger partial charge is 0.466 e. The molecule has 0 saturated heterocycles. The zero-order valence-corrected chi connectivity index (χ0v) is 12.4. The van der Waals surface area contributed by atoms with E-state index < -0.39 is 6.10 Å². The van der Waals surface area contributed by atoms with Crippen molar-refractivity contribution in [3.05, 3.63) is 57.0 Å². The molecular weight excluding hydrogens is 286 g/mol. The number of fused-ring (bicyclic) bond motifs is 1. The van der Waals surface area contributed by atoms with Crippen LogP contribution in [0.15, 0.2) is 36.2 Å². The van der Waals surface area contributed by atoms with E-state index in [1.54, 1.807) is 29.8 Å². The fourth-order valence-electron chi connectivity index (χ4n) is 2.42. The van der Waals surface area contributed by atoms with Crippen molar-refractivity contribution >= 4 is 23.4 Å². The number of hydrogen-bond donors (Lipinski definition) is 1. The average Bonchev–Trinajstić information content (AvgIpc) is 2.97. The van der Waals surface area contributed by atoms with E-state index in [-0.39, 0.29) is 5.97 Å². The van der Waals surface area contributed by atoms with Crippen molar-refractivity contribution in [2.24, 2.45) is 0 Å². The lowest BCUT2D eigenvalue weighted by atomic mass is 9.98. The van der Waals surface area contributed by atoms with Gasteiger partial charge in [-0.15, -0.1) is 11.3 Å². The standard InChI is InChI=1S/C16H15NO3S/c1-20-16(19)10-4-5-13-12(7-10)8-14(21-13)15(18)11-3-2-6-17-9-11/h2-3,6-9,15,18H,4-5H2,1H3. The second kappa shape index (κ2) is 5.79. The van der Waals surface area contributed by atoms with Gasteiger partial charge in [-0.1, -0.05) is 6.07 Å². The Bertz CT molecular complexity index is 691. The molecule has 0 fully saturated rings. The number of carbonyl (C=O) groups excluding carboxylic acids is 1. The Morgan fingerprint density at radius 2 is 2.33 bits per heavy atom. The van der Waals surface area contributed by atoms with Crippen LogP contribution in [0.4, 0.5) is 0 Å². The van der Waals surface area contributed by atoms with Gasteiger partial charge >= 0.3 is 5.97 Å². The maximum absolute atomic E-state index is 11.6. The molecule has 0 aromatic carbocycles. The van der Waals surface area contributed by atoms with Gasteiger partial charge in [0.15, 0.2) is 0 Å². The maximum Gasteiger partial charge on any atom is 0.333 e. The third-order valence-electron chi connectivity index (χ3n) is 3.53. The van der Waals surface area contributed by atoms with E-state index in [9.17, 15) is 9.90 Å². The van der Waals surface area contributed by atoms with Crippen LogP contribution in [0.5, 0.6) is 0 Å². The van der Waals surface area contributed by atoms with Gasteiger partial charge < -0.3 is 9.84 Å². The molecule has 0 spiro atoms. The molecule has 0 bridgehead atoms. The Hall–Kier alpha value is -1.98. The van der Waals surface area contributed by atoms with Crippen molar-refractivity contribution in [1.82, 2.24) is 4.98 Å². The number of carbonyl (C=O) groups is 1. The number of aryl methyl sites for hydroxylation is 1. The molecular formula is C16H15NO3S. The number of aliphatic hydroxyl groups excluding tert-OH is 1. The van der Waals surface area contributed by atoms with Crippen molar-refractivity contribution in [2.75, 3.05) is 7.11 Å². The van der Waals surface area contributed by atoms with Gasteiger partial charge in [0.05, 0.1) is 7.11 Å². The Balaban J connectivity index is 1.90. The van der Waals surface area contributed by atoms with Crippen LogP contribution in [0.2, 0.25) is 0 Å². The minimum atomic E-state index is -0.677. The van der Waals surface area contributed by atoms with Crippen molar-refractivity contribution in [3.63, 3.8) is 0 Å². The van der Waals surface area contributed by atoms with Gasteiger partial charge in [-0.3, -0.25) is 4.98 Å². The first-order chi connectivity index (χ1) is 10.2. The summed E-state index contributed by atoms with van der Waals surface area (Å²) < 4.78 is 4.77. The van der Waals surface area contributed by atoms with Crippen LogP contribution in [-0.2, 0) is 16.0 Å². The quantitative estimate of drug-likeness (QED) is 0.886. The van der Waals surface area contributed by atoms with E-state index in [4.69, 9.17) is 4.74 Å². The first kappa shape index (κ1) is 14.0. The molecule has 1 N–H and O–H groups in total. The van der Waals surface area contributed by atoms with Gasteiger partial charge in [-0.25, -0.2) is 4.79 Å². The third kappa shape index (κ3) is 2.75. The molecule has 2 aromatic heterocycles. The molecule has 1 unspecified atom stereocenters. The van der Waals surface area contributed by atoms with Crippen LogP contribution in [0.3, 0.4) is 0 Å². The van der Waals surface area contributed by atoms with Crippen LogP contribution in [-0.4, -0.2) is 23.2 Å². The summed E-state index contributed by atoms with van der Waals surface area (Å²) in [6.07, 6.45) is 6.02. The maximum atomic E-state index is 11.6. The minimum Gasteiger partial charge on any atom is -0.466 e. The van der Waals surface area contributed by atoms with Gasteiger partial charge in [0.25, 0.3) is 0 Å². The lowest BCUT2D eigenvalue weighted by molar-refractivity contribution is -0.136. The summed E-state index contributed by atoms with van der Waals surface area (Å²) in [7, 11) is 1.39. The van der Waals surface area contributed by atoms with Crippen LogP contribution < -0.4 is 0 Å². The zero-order valence-electron chi connectivity index (χ0n) is 11.6. The number of ether oxygens (including phenoxy) is 1. The first-order valence-electron chi connectivity index (χ1n) is 6.68. The summed E-state index contributed by atoms with van der Waals surface area (Å²) in [4.78, 5) is 17.7. The van der Waals surface area contributed by atoms with Gasteiger partial charge in [-0.2, -0.15) is 0 Å². The molecule has 108 valence electrons. The molecule has 1 aliphatic rings.